The number of hydrogen-bond donors (Lipinski definition) is 0. The van der Waals surface area contributed by atoms with E-state index in [0.29, 0.717) is 23.9 Å². The van der Waals surface area contributed by atoms with Crippen molar-refractivity contribution in [1.29, 1.82) is 0 Å². The normalized spacial score (nSPS) is 10.6. The summed E-state index contributed by atoms with van der Waals surface area (Å²) in [5.74, 6) is 1.98. The predicted octanol–water partition coefficient (Wildman–Crippen LogP) is 3.35. The highest BCUT2D eigenvalue weighted by molar-refractivity contribution is 7.98. The summed E-state index contributed by atoms with van der Waals surface area (Å²) in [5, 5.41) is 4.96. The van der Waals surface area contributed by atoms with Gasteiger partial charge in [-0.3, -0.25) is 0 Å². The van der Waals surface area contributed by atoms with Crippen LogP contribution < -0.4 is 0 Å². The van der Waals surface area contributed by atoms with E-state index in [1.54, 1.807) is 18.0 Å². The maximum Gasteiger partial charge on any atom is 0.237 e. The highest BCUT2D eigenvalue weighted by atomic mass is 32.2. The molecule has 100 valence electrons. The molecule has 0 unspecified atom stereocenters. The van der Waals surface area contributed by atoms with Crippen molar-refractivity contribution in [3.8, 4) is 0 Å². The summed E-state index contributed by atoms with van der Waals surface area (Å²) in [6, 6.07) is 15.9. The van der Waals surface area contributed by atoms with E-state index in [0.717, 1.165) is 5.03 Å². The quantitative estimate of drug-likeness (QED) is 0.672. The molecule has 20 heavy (non-hydrogen) atoms. The number of hydrogen-bond acceptors (Lipinski definition) is 5. The van der Waals surface area contributed by atoms with Crippen molar-refractivity contribution >= 4 is 11.8 Å². The van der Waals surface area contributed by atoms with E-state index in [1.807, 2.05) is 36.4 Å². The lowest BCUT2D eigenvalue weighted by atomic mass is 10.1. The van der Waals surface area contributed by atoms with E-state index in [9.17, 15) is 0 Å². The molecule has 0 spiro atoms. The number of aromatic nitrogens is 3. The van der Waals surface area contributed by atoms with Crippen molar-refractivity contribution in [3.05, 3.63) is 72.0 Å². The van der Waals surface area contributed by atoms with E-state index in [2.05, 4.69) is 27.3 Å². The molecule has 5 heteroatoms. The molecule has 0 bridgehead atoms. The van der Waals surface area contributed by atoms with Crippen molar-refractivity contribution in [1.82, 2.24) is 15.1 Å². The lowest BCUT2D eigenvalue weighted by molar-refractivity contribution is 0.386. The van der Waals surface area contributed by atoms with Gasteiger partial charge in [-0.25, -0.2) is 4.98 Å². The maximum absolute atomic E-state index is 5.25. The van der Waals surface area contributed by atoms with Crippen LogP contribution in [0.15, 0.2) is 64.3 Å². The van der Waals surface area contributed by atoms with Gasteiger partial charge in [-0.2, -0.15) is 4.98 Å². The smallest absolute Gasteiger partial charge is 0.237 e. The summed E-state index contributed by atoms with van der Waals surface area (Å²) < 4.78 is 5.25. The van der Waals surface area contributed by atoms with Crippen LogP contribution in [0.5, 0.6) is 0 Å². The second kappa shape index (κ2) is 6.34. The summed E-state index contributed by atoms with van der Waals surface area (Å²) in [4.78, 5) is 8.64. The monoisotopic (exact) mass is 283 g/mol. The molecule has 1 aromatic carbocycles. The van der Waals surface area contributed by atoms with Crippen LogP contribution in [0, 0.1) is 0 Å². The van der Waals surface area contributed by atoms with Gasteiger partial charge in [0.15, 0.2) is 5.82 Å². The van der Waals surface area contributed by atoms with E-state index in [4.69, 9.17) is 4.52 Å². The van der Waals surface area contributed by atoms with Gasteiger partial charge in [0.2, 0.25) is 5.89 Å². The Morgan fingerprint density at radius 2 is 1.85 bits per heavy atom. The molecule has 0 aliphatic carbocycles. The van der Waals surface area contributed by atoms with Gasteiger partial charge in [0.1, 0.15) is 0 Å². The van der Waals surface area contributed by atoms with Crippen LogP contribution in [-0.4, -0.2) is 15.1 Å². The Kier molecular flexibility index (Phi) is 4.08. The first-order valence-electron chi connectivity index (χ1n) is 6.29. The van der Waals surface area contributed by atoms with Crippen molar-refractivity contribution < 1.29 is 4.52 Å². The van der Waals surface area contributed by atoms with Gasteiger partial charge in [0.05, 0.1) is 10.8 Å². The minimum atomic E-state index is 0.631. The van der Waals surface area contributed by atoms with Crippen LogP contribution in [0.1, 0.15) is 17.3 Å². The zero-order valence-electron chi connectivity index (χ0n) is 10.8. The molecule has 0 atom stereocenters. The standard InChI is InChI=1S/C15H13N3OS/c1-2-6-12(7-3-1)10-13-17-14(19-18-13)11-20-15-8-4-5-9-16-15/h1-9H,10-11H2. The Hall–Kier alpha value is -2.14. The molecule has 3 aromatic rings. The van der Waals surface area contributed by atoms with E-state index < -0.39 is 0 Å². The first-order valence-corrected chi connectivity index (χ1v) is 7.28. The molecule has 0 aliphatic heterocycles. The Morgan fingerprint density at radius 3 is 2.65 bits per heavy atom. The second-order valence-corrected chi connectivity index (χ2v) is 5.22. The molecule has 0 amide bonds. The van der Waals surface area contributed by atoms with Crippen molar-refractivity contribution in [2.45, 2.75) is 17.2 Å². The average Bonchev–Trinajstić information content (AvgIpc) is 2.95. The summed E-state index contributed by atoms with van der Waals surface area (Å²) in [7, 11) is 0. The largest absolute Gasteiger partial charge is 0.338 e. The van der Waals surface area contributed by atoms with Gasteiger partial charge in [-0.1, -0.05) is 53.3 Å². The molecule has 3 rings (SSSR count). The van der Waals surface area contributed by atoms with Gasteiger partial charge in [0.25, 0.3) is 0 Å². The third-order valence-electron chi connectivity index (χ3n) is 2.70. The fourth-order valence-electron chi connectivity index (χ4n) is 1.77. The third kappa shape index (κ3) is 3.45. The summed E-state index contributed by atoms with van der Waals surface area (Å²) in [5.41, 5.74) is 1.18. The van der Waals surface area contributed by atoms with E-state index >= 15 is 0 Å². The van der Waals surface area contributed by atoms with E-state index in [1.165, 1.54) is 5.56 Å². The molecular formula is C15H13N3OS. The van der Waals surface area contributed by atoms with Gasteiger partial charge in [-0.05, 0) is 17.7 Å². The number of pyridine rings is 1. The van der Waals surface area contributed by atoms with Gasteiger partial charge in [0, 0.05) is 12.6 Å². The van der Waals surface area contributed by atoms with Crippen LogP contribution in [0.4, 0.5) is 0 Å². The Morgan fingerprint density at radius 1 is 1.00 bits per heavy atom. The first kappa shape index (κ1) is 12.9. The SMILES string of the molecule is c1ccc(Cc2noc(CSc3ccccn3)n2)cc1. The van der Waals surface area contributed by atoms with Crippen molar-refractivity contribution in [2.75, 3.05) is 0 Å². The number of thioether (sulfide) groups is 1. The van der Waals surface area contributed by atoms with Crippen LogP contribution >= 0.6 is 11.8 Å². The minimum absolute atomic E-state index is 0.631. The minimum Gasteiger partial charge on any atom is -0.338 e. The molecule has 0 aliphatic rings. The number of rotatable bonds is 5. The van der Waals surface area contributed by atoms with Gasteiger partial charge < -0.3 is 4.52 Å². The highest BCUT2D eigenvalue weighted by Crippen LogP contribution is 2.19. The van der Waals surface area contributed by atoms with E-state index in [-0.39, 0.29) is 0 Å². The fourth-order valence-corrected chi connectivity index (χ4v) is 2.47. The Bertz CT molecular complexity index is 655. The second-order valence-electron chi connectivity index (χ2n) is 4.22. The van der Waals surface area contributed by atoms with Gasteiger partial charge >= 0.3 is 0 Å². The van der Waals surface area contributed by atoms with Crippen LogP contribution in [0.2, 0.25) is 0 Å². The number of nitrogens with zero attached hydrogens (tertiary/aromatic N) is 3. The molecule has 4 nitrogen and oxygen atoms in total. The zero-order valence-corrected chi connectivity index (χ0v) is 11.6. The molecule has 0 radical (unpaired) electrons. The Balaban J connectivity index is 1.60. The molecule has 2 aromatic heterocycles. The molecule has 2 heterocycles. The first-order chi connectivity index (χ1) is 9.90. The summed E-state index contributed by atoms with van der Waals surface area (Å²) in [6.45, 7) is 0. The number of benzene rings is 1. The fraction of sp³-hybridized carbons (Fsp3) is 0.133. The average molecular weight is 283 g/mol. The van der Waals surface area contributed by atoms with Crippen molar-refractivity contribution in [2.24, 2.45) is 0 Å². The Labute approximate surface area is 121 Å². The highest BCUT2D eigenvalue weighted by Gasteiger charge is 2.07. The van der Waals surface area contributed by atoms with Gasteiger partial charge in [-0.15, -0.1) is 0 Å². The molecular weight excluding hydrogens is 270 g/mol. The van der Waals surface area contributed by atoms with Crippen LogP contribution in [-0.2, 0) is 12.2 Å². The summed E-state index contributed by atoms with van der Waals surface area (Å²) in [6.07, 6.45) is 2.47. The van der Waals surface area contributed by atoms with Crippen LogP contribution in [0.3, 0.4) is 0 Å². The topological polar surface area (TPSA) is 51.8 Å². The van der Waals surface area contributed by atoms with Crippen LogP contribution in [0.25, 0.3) is 0 Å². The third-order valence-corrected chi connectivity index (χ3v) is 3.63. The summed E-state index contributed by atoms with van der Waals surface area (Å²) >= 11 is 1.59. The maximum atomic E-state index is 5.25. The zero-order chi connectivity index (χ0) is 13.6. The van der Waals surface area contributed by atoms with Crippen molar-refractivity contribution in [3.63, 3.8) is 0 Å². The lowest BCUT2D eigenvalue weighted by Gasteiger charge is -1.95. The molecule has 0 saturated heterocycles. The molecule has 0 saturated carbocycles. The lowest BCUT2D eigenvalue weighted by Crippen LogP contribution is -1.90. The molecule has 0 N–H and O–H groups in total. The predicted molar refractivity (Wildman–Crippen MR) is 77.3 cm³/mol. The molecule has 0 fully saturated rings.